The van der Waals surface area contributed by atoms with Crippen molar-refractivity contribution in [3.05, 3.63) is 42.1 Å². The fourth-order valence-electron chi connectivity index (χ4n) is 6.00. The standard InChI is InChI=1S/C31H38N4O6/c1-18(36)25-15-28(23-12-11-21(40-3)13-26(23)33-25)41-22-14-27-29(38)34-31(19(2)37)16-20(31)9-7-5-4-6-8-10-24(32)30(39)35(27)17-22/h7,9,11-13,15,20,22,24,27H,4-6,8,10,14,16-17,32H2,1-3H3,(H,34,38)/b9-7-/t20?,22-,24+,27+,31+/m1/s1. The van der Waals surface area contributed by atoms with Crippen LogP contribution in [0.3, 0.4) is 0 Å². The molecule has 1 aromatic carbocycles. The summed E-state index contributed by atoms with van der Waals surface area (Å²) in [5.41, 5.74) is 6.16. The highest BCUT2D eigenvalue weighted by atomic mass is 16.5. The topological polar surface area (TPSA) is 141 Å². The number of rotatable bonds is 5. The molecule has 2 aromatic rings. The van der Waals surface area contributed by atoms with E-state index in [-0.39, 0.29) is 48.0 Å². The Morgan fingerprint density at radius 1 is 1.15 bits per heavy atom. The lowest BCUT2D eigenvalue weighted by Gasteiger charge is -2.28. The number of ketones is 2. The SMILES string of the molecule is COc1ccc2c(O[C@@H]3C[C@H]4C(=O)N[C@]5(C(C)=O)CC5/C=C\CCCCC[C@H](N)C(=O)N4C3)cc(C(C)=O)nc2c1. The van der Waals surface area contributed by atoms with Crippen LogP contribution >= 0.6 is 0 Å². The highest BCUT2D eigenvalue weighted by Crippen LogP contribution is 2.46. The summed E-state index contributed by atoms with van der Waals surface area (Å²) in [6.45, 7) is 3.08. The number of carbonyl (C=O) groups is 4. The van der Waals surface area contributed by atoms with E-state index in [2.05, 4.69) is 16.4 Å². The number of benzene rings is 1. The maximum Gasteiger partial charge on any atom is 0.243 e. The van der Waals surface area contributed by atoms with Crippen molar-refractivity contribution in [3.8, 4) is 11.5 Å². The van der Waals surface area contributed by atoms with Gasteiger partial charge in [-0.05, 0) is 44.7 Å². The van der Waals surface area contributed by atoms with Crippen LogP contribution in [-0.2, 0) is 14.4 Å². The van der Waals surface area contributed by atoms with Gasteiger partial charge in [-0.15, -0.1) is 0 Å². The second-order valence-electron chi connectivity index (χ2n) is 11.4. The van der Waals surface area contributed by atoms with E-state index in [1.54, 1.807) is 31.4 Å². The summed E-state index contributed by atoms with van der Waals surface area (Å²) in [7, 11) is 1.55. The number of amides is 2. The Hall–Kier alpha value is -3.79. The van der Waals surface area contributed by atoms with E-state index < -0.39 is 23.7 Å². The van der Waals surface area contributed by atoms with Gasteiger partial charge in [0.05, 0.1) is 25.2 Å². The quantitative estimate of drug-likeness (QED) is 0.418. The van der Waals surface area contributed by atoms with Crippen LogP contribution < -0.4 is 20.5 Å². The number of ether oxygens (including phenoxy) is 2. The molecule has 2 fully saturated rings. The normalized spacial score (nSPS) is 29.4. The minimum Gasteiger partial charge on any atom is -0.497 e. The molecule has 0 spiro atoms. The van der Waals surface area contributed by atoms with Crippen LogP contribution in [0.15, 0.2) is 36.4 Å². The van der Waals surface area contributed by atoms with Gasteiger partial charge < -0.3 is 25.4 Å². The lowest BCUT2D eigenvalue weighted by atomic mass is 10.1. The van der Waals surface area contributed by atoms with E-state index in [0.29, 0.717) is 35.2 Å². The number of aromatic nitrogens is 1. The van der Waals surface area contributed by atoms with Crippen LogP contribution in [0.2, 0.25) is 0 Å². The van der Waals surface area contributed by atoms with E-state index in [1.165, 1.54) is 18.7 Å². The van der Waals surface area contributed by atoms with Crippen molar-refractivity contribution in [3.63, 3.8) is 0 Å². The first-order valence-electron chi connectivity index (χ1n) is 14.3. The molecule has 218 valence electrons. The molecule has 10 heteroatoms. The van der Waals surface area contributed by atoms with Gasteiger partial charge in [0.25, 0.3) is 0 Å². The maximum atomic E-state index is 13.7. The number of methoxy groups -OCH3 is 1. The number of nitrogens with two attached hydrogens (primary N) is 1. The van der Waals surface area contributed by atoms with Crippen molar-refractivity contribution in [2.75, 3.05) is 13.7 Å². The second-order valence-corrected chi connectivity index (χ2v) is 11.4. The average Bonchev–Trinajstić information content (AvgIpc) is 3.48. The van der Waals surface area contributed by atoms with Gasteiger partial charge in [0, 0.05) is 36.8 Å². The molecule has 10 nitrogen and oxygen atoms in total. The highest BCUT2D eigenvalue weighted by molar-refractivity contribution is 5.98. The lowest BCUT2D eigenvalue weighted by molar-refractivity contribution is -0.140. The Labute approximate surface area is 239 Å². The highest BCUT2D eigenvalue weighted by Gasteiger charge is 2.59. The molecule has 41 heavy (non-hydrogen) atoms. The summed E-state index contributed by atoms with van der Waals surface area (Å²) >= 11 is 0. The molecule has 3 heterocycles. The molecule has 1 saturated heterocycles. The number of hydrogen-bond donors (Lipinski definition) is 2. The summed E-state index contributed by atoms with van der Waals surface area (Å²) in [6, 6.07) is 5.32. The van der Waals surface area contributed by atoms with Gasteiger partial charge in [-0.1, -0.05) is 25.0 Å². The van der Waals surface area contributed by atoms with Gasteiger partial charge >= 0.3 is 0 Å². The van der Waals surface area contributed by atoms with E-state index in [0.717, 1.165) is 25.7 Å². The number of carbonyl (C=O) groups excluding carboxylic acids is 4. The molecule has 0 bridgehead atoms. The molecule has 5 atom stereocenters. The van der Waals surface area contributed by atoms with Crippen molar-refractivity contribution in [2.45, 2.75) is 82.5 Å². The van der Waals surface area contributed by atoms with Gasteiger partial charge in [-0.2, -0.15) is 0 Å². The number of Topliss-reactive ketones (excluding diaryl/α,β-unsaturated/α-hetero) is 2. The molecular weight excluding hydrogens is 524 g/mol. The van der Waals surface area contributed by atoms with Gasteiger partial charge in [-0.25, -0.2) is 4.98 Å². The molecule has 1 unspecified atom stereocenters. The third-order valence-corrected chi connectivity index (χ3v) is 8.54. The summed E-state index contributed by atoms with van der Waals surface area (Å²) in [4.78, 5) is 58.1. The zero-order valence-electron chi connectivity index (χ0n) is 23.9. The summed E-state index contributed by atoms with van der Waals surface area (Å²) in [5, 5.41) is 3.67. The second kappa shape index (κ2) is 11.6. The van der Waals surface area contributed by atoms with Gasteiger partial charge in [0.2, 0.25) is 11.8 Å². The van der Waals surface area contributed by atoms with Crippen LogP contribution in [0.25, 0.3) is 10.9 Å². The fourth-order valence-corrected chi connectivity index (χ4v) is 6.00. The average molecular weight is 563 g/mol. The van der Waals surface area contributed by atoms with Crippen LogP contribution in [0.5, 0.6) is 11.5 Å². The number of hydrogen-bond acceptors (Lipinski definition) is 8. The largest absolute Gasteiger partial charge is 0.497 e. The molecule has 3 aliphatic rings. The van der Waals surface area contributed by atoms with E-state index in [9.17, 15) is 19.2 Å². The van der Waals surface area contributed by atoms with Gasteiger partial charge in [0.15, 0.2) is 11.6 Å². The van der Waals surface area contributed by atoms with Crippen LogP contribution in [0.4, 0.5) is 0 Å². The van der Waals surface area contributed by atoms with Crippen LogP contribution in [-0.4, -0.2) is 70.6 Å². The predicted octanol–water partition coefficient (Wildman–Crippen LogP) is 3.11. The Kier molecular flexibility index (Phi) is 8.13. The number of allylic oxidation sites excluding steroid dienone is 1. The Morgan fingerprint density at radius 3 is 2.68 bits per heavy atom. The predicted molar refractivity (Wildman–Crippen MR) is 153 cm³/mol. The molecule has 1 aliphatic carbocycles. The molecule has 5 rings (SSSR count). The zero-order chi connectivity index (χ0) is 29.3. The fraction of sp³-hybridized carbons (Fsp3) is 0.516. The molecular formula is C31H38N4O6. The van der Waals surface area contributed by atoms with E-state index in [1.807, 2.05) is 6.08 Å². The van der Waals surface area contributed by atoms with Gasteiger partial charge in [0.1, 0.15) is 34.9 Å². The van der Waals surface area contributed by atoms with Gasteiger partial charge in [-0.3, -0.25) is 19.2 Å². The molecule has 2 amide bonds. The first-order valence-corrected chi connectivity index (χ1v) is 14.3. The number of pyridine rings is 1. The molecule has 0 radical (unpaired) electrons. The monoisotopic (exact) mass is 562 g/mol. The van der Waals surface area contributed by atoms with Crippen molar-refractivity contribution >= 4 is 34.3 Å². The first-order chi connectivity index (χ1) is 19.6. The Balaban J connectivity index is 1.45. The Morgan fingerprint density at radius 2 is 1.95 bits per heavy atom. The maximum absolute atomic E-state index is 13.7. The van der Waals surface area contributed by atoms with Crippen LogP contribution in [0, 0.1) is 5.92 Å². The summed E-state index contributed by atoms with van der Waals surface area (Å²) in [6.07, 6.45) is 8.48. The van der Waals surface area contributed by atoms with Crippen LogP contribution in [0.1, 0.15) is 69.3 Å². The third kappa shape index (κ3) is 5.84. The first kappa shape index (κ1) is 28.7. The zero-order valence-corrected chi connectivity index (χ0v) is 23.9. The number of fused-ring (bicyclic) bond motifs is 3. The summed E-state index contributed by atoms with van der Waals surface area (Å²) in [5.74, 6) is -0.0391. The third-order valence-electron chi connectivity index (χ3n) is 8.54. The minimum atomic E-state index is -0.944. The Bertz CT molecular complexity index is 1410. The molecule has 2 aliphatic heterocycles. The van der Waals surface area contributed by atoms with Crippen molar-refractivity contribution < 1.29 is 28.7 Å². The molecule has 1 aromatic heterocycles. The smallest absolute Gasteiger partial charge is 0.243 e. The molecule has 3 N–H and O–H groups in total. The molecule has 1 saturated carbocycles. The van der Waals surface area contributed by atoms with Crippen molar-refractivity contribution in [1.29, 1.82) is 0 Å². The van der Waals surface area contributed by atoms with E-state index in [4.69, 9.17) is 15.2 Å². The minimum absolute atomic E-state index is 0.0564. The lowest BCUT2D eigenvalue weighted by Crippen LogP contribution is -2.55. The van der Waals surface area contributed by atoms with E-state index >= 15 is 0 Å². The number of nitrogens with one attached hydrogen (secondary N) is 1. The number of nitrogens with zero attached hydrogens (tertiary/aromatic N) is 2. The van der Waals surface area contributed by atoms with Crippen molar-refractivity contribution in [1.82, 2.24) is 15.2 Å². The summed E-state index contributed by atoms with van der Waals surface area (Å²) < 4.78 is 11.7. The van der Waals surface area contributed by atoms with Crippen molar-refractivity contribution in [2.24, 2.45) is 11.7 Å².